The number of carbonyl (C=O) groups excluding carboxylic acids is 1. The first kappa shape index (κ1) is 23.8. The van der Waals surface area contributed by atoms with E-state index in [4.69, 9.17) is 0 Å². The molecule has 2 aliphatic heterocycles. The first-order valence-electron chi connectivity index (χ1n) is 10.9. The van der Waals surface area contributed by atoms with Crippen LogP contribution in [-0.4, -0.2) is 53.0 Å². The number of amides is 1. The second-order valence-corrected chi connectivity index (χ2v) is 9.23. The third-order valence-electron chi connectivity index (χ3n) is 6.03. The number of piperidine rings is 2. The van der Waals surface area contributed by atoms with Crippen molar-refractivity contribution in [2.45, 2.75) is 50.9 Å². The molecular weight excluding hydrogens is 465 g/mol. The Kier molecular flexibility index (Phi) is 7.13. The highest BCUT2D eigenvalue weighted by atomic mass is 32.1. The highest BCUT2D eigenvalue weighted by Crippen LogP contribution is 2.38. The summed E-state index contributed by atoms with van der Waals surface area (Å²) >= 11 is 0.675. The summed E-state index contributed by atoms with van der Waals surface area (Å²) in [6.07, 6.45) is 1.21. The minimum absolute atomic E-state index is 0.149. The summed E-state index contributed by atoms with van der Waals surface area (Å²) in [6.45, 7) is 2.79. The van der Waals surface area contributed by atoms with Gasteiger partial charge < -0.3 is 15.1 Å². The number of carbonyl (C=O) groups is 1. The van der Waals surface area contributed by atoms with E-state index in [1.54, 1.807) is 4.90 Å². The van der Waals surface area contributed by atoms with Crippen molar-refractivity contribution in [1.29, 1.82) is 0 Å². The molecule has 0 aliphatic carbocycles. The number of rotatable bonds is 5. The number of nitrogens with one attached hydrogen (secondary N) is 1. The van der Waals surface area contributed by atoms with E-state index >= 15 is 0 Å². The first-order valence-corrected chi connectivity index (χ1v) is 11.7. The van der Waals surface area contributed by atoms with Gasteiger partial charge in [-0.25, -0.2) is 13.8 Å². The fraction of sp³-hybridized carbons (Fsp3) is 0.571. The van der Waals surface area contributed by atoms with Gasteiger partial charge in [0.25, 0.3) is 5.91 Å². The summed E-state index contributed by atoms with van der Waals surface area (Å²) in [5, 5.41) is 2.38. The average molecular weight is 490 g/mol. The molecule has 33 heavy (non-hydrogen) atoms. The molecule has 1 amide bonds. The molecule has 1 N–H and O–H groups in total. The van der Waals surface area contributed by atoms with E-state index < -0.39 is 40.8 Å². The van der Waals surface area contributed by atoms with Crippen LogP contribution in [0.5, 0.6) is 0 Å². The van der Waals surface area contributed by atoms with Crippen LogP contribution in [0.4, 0.5) is 27.1 Å². The SMILES string of the molecule is O=C(NCc1ncc(F)cc1F)c1sc(N2CCC(N3CCCCC3)CC2)nc1C(F)(F)F. The van der Waals surface area contributed by atoms with Gasteiger partial charge in [0, 0.05) is 25.2 Å². The van der Waals surface area contributed by atoms with Crippen molar-refractivity contribution in [3.05, 3.63) is 40.2 Å². The Labute approximate surface area is 191 Å². The number of hydrogen-bond acceptors (Lipinski definition) is 6. The normalized spacial score (nSPS) is 18.5. The average Bonchev–Trinajstić information content (AvgIpc) is 3.25. The molecule has 2 aromatic rings. The minimum atomic E-state index is -4.81. The number of hydrogen-bond donors (Lipinski definition) is 1. The molecule has 0 aromatic carbocycles. The molecule has 180 valence electrons. The van der Waals surface area contributed by atoms with Crippen LogP contribution in [0.3, 0.4) is 0 Å². The zero-order chi connectivity index (χ0) is 23.6. The fourth-order valence-electron chi connectivity index (χ4n) is 4.31. The van der Waals surface area contributed by atoms with Crippen molar-refractivity contribution < 1.29 is 26.7 Å². The van der Waals surface area contributed by atoms with Gasteiger partial charge >= 0.3 is 6.18 Å². The van der Waals surface area contributed by atoms with Crippen molar-refractivity contribution >= 4 is 22.4 Å². The van der Waals surface area contributed by atoms with Crippen molar-refractivity contribution in [2.24, 2.45) is 0 Å². The minimum Gasteiger partial charge on any atom is -0.348 e. The maximum atomic E-state index is 13.7. The largest absolute Gasteiger partial charge is 0.435 e. The van der Waals surface area contributed by atoms with Crippen molar-refractivity contribution in [2.75, 3.05) is 31.1 Å². The van der Waals surface area contributed by atoms with Gasteiger partial charge in [-0.05, 0) is 38.8 Å². The van der Waals surface area contributed by atoms with Crippen molar-refractivity contribution in [3.8, 4) is 0 Å². The van der Waals surface area contributed by atoms with Crippen LogP contribution in [0, 0.1) is 11.6 Å². The topological polar surface area (TPSA) is 61.4 Å². The van der Waals surface area contributed by atoms with Crippen LogP contribution in [0.15, 0.2) is 12.3 Å². The van der Waals surface area contributed by atoms with E-state index in [9.17, 15) is 26.7 Å². The predicted octanol–water partition coefficient (Wildman–Crippen LogP) is 4.22. The van der Waals surface area contributed by atoms with Gasteiger partial charge in [-0.3, -0.25) is 9.78 Å². The Morgan fingerprint density at radius 2 is 1.82 bits per heavy atom. The van der Waals surface area contributed by atoms with E-state index in [-0.39, 0.29) is 10.8 Å². The standard InChI is InChI=1S/C21H24F5N5OS/c22-13-10-15(23)16(27-11-13)12-28-19(32)17-18(21(24,25)26)29-20(33-17)31-8-4-14(5-9-31)30-6-2-1-3-7-30/h10-11,14H,1-9,12H2,(H,28,32). The van der Waals surface area contributed by atoms with Gasteiger partial charge in [0.15, 0.2) is 10.8 Å². The van der Waals surface area contributed by atoms with Crippen molar-refractivity contribution in [1.82, 2.24) is 20.2 Å². The Hall–Kier alpha value is -2.34. The third-order valence-corrected chi connectivity index (χ3v) is 7.15. The molecule has 6 nitrogen and oxygen atoms in total. The smallest absolute Gasteiger partial charge is 0.348 e. The second-order valence-electron chi connectivity index (χ2n) is 8.25. The Bertz CT molecular complexity index is 984. The third kappa shape index (κ3) is 5.60. The molecule has 12 heteroatoms. The van der Waals surface area contributed by atoms with Crippen LogP contribution in [0.2, 0.25) is 0 Å². The maximum absolute atomic E-state index is 13.7. The molecule has 2 fully saturated rings. The van der Waals surface area contributed by atoms with E-state index in [0.29, 0.717) is 36.5 Å². The number of nitrogens with zero attached hydrogens (tertiary/aromatic N) is 4. The Morgan fingerprint density at radius 3 is 2.45 bits per heavy atom. The zero-order valence-electron chi connectivity index (χ0n) is 17.8. The number of alkyl halides is 3. The number of halogens is 5. The lowest BCUT2D eigenvalue weighted by molar-refractivity contribution is -0.141. The lowest BCUT2D eigenvalue weighted by Gasteiger charge is -2.40. The molecule has 2 aromatic heterocycles. The van der Waals surface area contributed by atoms with Gasteiger partial charge in [-0.15, -0.1) is 0 Å². The van der Waals surface area contributed by atoms with Crippen molar-refractivity contribution in [3.63, 3.8) is 0 Å². The first-order chi connectivity index (χ1) is 15.7. The molecule has 4 heterocycles. The summed E-state index contributed by atoms with van der Waals surface area (Å²) in [7, 11) is 0. The van der Waals surface area contributed by atoms with E-state index in [1.807, 2.05) is 0 Å². The van der Waals surface area contributed by atoms with Crippen LogP contribution in [0.25, 0.3) is 0 Å². The monoisotopic (exact) mass is 489 g/mol. The number of anilines is 1. The molecule has 0 spiro atoms. The van der Waals surface area contributed by atoms with E-state index in [1.165, 1.54) is 19.3 Å². The molecule has 2 saturated heterocycles. The Morgan fingerprint density at radius 1 is 1.12 bits per heavy atom. The van der Waals surface area contributed by atoms with Gasteiger partial charge in [0.2, 0.25) is 0 Å². The van der Waals surface area contributed by atoms with Gasteiger partial charge in [-0.2, -0.15) is 13.2 Å². The number of thiazole rings is 1. The summed E-state index contributed by atoms with van der Waals surface area (Å²) in [6, 6.07) is 1.01. The molecule has 0 bridgehead atoms. The fourth-order valence-corrected chi connectivity index (χ4v) is 5.37. The van der Waals surface area contributed by atoms with Crippen LogP contribution in [-0.2, 0) is 12.7 Å². The van der Waals surface area contributed by atoms with Crippen LogP contribution >= 0.6 is 11.3 Å². The van der Waals surface area contributed by atoms with Gasteiger partial charge in [0.05, 0.1) is 18.4 Å². The Balaban J connectivity index is 1.45. The summed E-state index contributed by atoms with van der Waals surface area (Å²) in [4.78, 5) is 23.5. The summed E-state index contributed by atoms with van der Waals surface area (Å²) < 4.78 is 67.5. The molecule has 4 rings (SSSR count). The van der Waals surface area contributed by atoms with Gasteiger partial charge in [-0.1, -0.05) is 17.8 Å². The predicted molar refractivity (Wildman–Crippen MR) is 113 cm³/mol. The second kappa shape index (κ2) is 9.88. The molecule has 0 radical (unpaired) electrons. The van der Waals surface area contributed by atoms with Gasteiger partial charge in [0.1, 0.15) is 16.5 Å². The van der Waals surface area contributed by atoms with Crippen LogP contribution in [0.1, 0.15) is 53.2 Å². The lowest BCUT2D eigenvalue weighted by atomic mass is 10.0. The summed E-state index contributed by atoms with van der Waals surface area (Å²) in [5.41, 5.74) is -1.53. The zero-order valence-corrected chi connectivity index (χ0v) is 18.6. The quantitative estimate of drug-likeness (QED) is 0.638. The van der Waals surface area contributed by atoms with Crippen LogP contribution < -0.4 is 10.2 Å². The molecule has 2 aliphatic rings. The number of likely N-dealkylation sites (tertiary alicyclic amines) is 1. The molecule has 0 saturated carbocycles. The summed E-state index contributed by atoms with van der Waals surface area (Å²) in [5.74, 6) is -2.91. The number of aromatic nitrogens is 2. The number of pyridine rings is 1. The molecule has 0 atom stereocenters. The molecular formula is C21H24F5N5OS. The van der Waals surface area contributed by atoms with E-state index in [0.717, 1.165) is 32.1 Å². The lowest BCUT2D eigenvalue weighted by Crippen LogP contribution is -2.46. The highest BCUT2D eigenvalue weighted by molar-refractivity contribution is 7.17. The maximum Gasteiger partial charge on any atom is 0.435 e. The highest BCUT2D eigenvalue weighted by Gasteiger charge is 2.40. The van der Waals surface area contributed by atoms with E-state index in [2.05, 4.69) is 20.2 Å². The molecule has 0 unspecified atom stereocenters.